The van der Waals surface area contributed by atoms with E-state index in [4.69, 9.17) is 16.3 Å². The average Bonchev–Trinajstić information content (AvgIpc) is 2.61. The first-order valence-electron chi connectivity index (χ1n) is 5.34. The predicted molar refractivity (Wildman–Crippen MR) is 66.5 cm³/mol. The summed E-state index contributed by atoms with van der Waals surface area (Å²) in [6.45, 7) is 0.586. The molecule has 0 fully saturated rings. The van der Waals surface area contributed by atoms with Crippen LogP contribution in [0.3, 0.4) is 0 Å². The molecule has 0 N–H and O–H groups in total. The van der Waals surface area contributed by atoms with Crippen LogP contribution >= 0.6 is 11.6 Å². The molecular weight excluding hydrogens is 256 g/mol. The van der Waals surface area contributed by atoms with E-state index in [0.717, 1.165) is 5.56 Å². The Morgan fingerprint density at radius 1 is 1.50 bits per heavy atom. The summed E-state index contributed by atoms with van der Waals surface area (Å²) in [7, 11) is 3.21. The zero-order valence-electron chi connectivity index (χ0n) is 10.1. The van der Waals surface area contributed by atoms with E-state index in [1.165, 1.54) is 9.25 Å². The molecule has 2 aromatic rings. The van der Waals surface area contributed by atoms with Gasteiger partial charge in [0.2, 0.25) is 0 Å². The molecule has 0 saturated heterocycles. The third-order valence-electron chi connectivity index (χ3n) is 2.56. The molecule has 2 aromatic heterocycles. The Labute approximate surface area is 109 Å². The Kier molecular flexibility index (Phi) is 3.78. The van der Waals surface area contributed by atoms with Crippen molar-refractivity contribution in [2.45, 2.75) is 13.2 Å². The van der Waals surface area contributed by atoms with E-state index >= 15 is 0 Å². The van der Waals surface area contributed by atoms with Crippen molar-refractivity contribution >= 4 is 11.6 Å². The van der Waals surface area contributed by atoms with Crippen LogP contribution in [-0.4, -0.2) is 26.4 Å². The molecule has 0 bridgehead atoms. The molecule has 0 radical (unpaired) electrons. The van der Waals surface area contributed by atoms with Gasteiger partial charge in [-0.2, -0.15) is 5.10 Å². The lowest BCUT2D eigenvalue weighted by Gasteiger charge is -2.01. The zero-order chi connectivity index (χ0) is 13.1. The molecule has 2 heterocycles. The standard InChI is InChI=1S/C11H13ClN4O2/c1-15-9(7-18-2)14-16(11(15)17)6-8-4-3-5-13-10(8)12/h3-5H,6-7H2,1-2H3. The molecule has 0 aliphatic rings. The fourth-order valence-corrected chi connectivity index (χ4v) is 1.77. The minimum Gasteiger partial charge on any atom is -0.377 e. The van der Waals surface area contributed by atoms with E-state index in [-0.39, 0.29) is 5.69 Å². The van der Waals surface area contributed by atoms with Crippen LogP contribution in [0.25, 0.3) is 0 Å². The van der Waals surface area contributed by atoms with Gasteiger partial charge in [-0.3, -0.25) is 4.57 Å². The van der Waals surface area contributed by atoms with Crippen LogP contribution < -0.4 is 5.69 Å². The first kappa shape index (κ1) is 12.8. The summed E-state index contributed by atoms with van der Waals surface area (Å²) in [5, 5.41) is 4.57. The van der Waals surface area contributed by atoms with Crippen LogP contribution in [0.15, 0.2) is 23.1 Å². The van der Waals surface area contributed by atoms with Crippen molar-refractivity contribution in [3.8, 4) is 0 Å². The van der Waals surface area contributed by atoms with Gasteiger partial charge in [0.25, 0.3) is 0 Å². The maximum absolute atomic E-state index is 11.9. The largest absolute Gasteiger partial charge is 0.377 e. The summed E-state index contributed by atoms with van der Waals surface area (Å²) < 4.78 is 7.77. The van der Waals surface area contributed by atoms with Gasteiger partial charge < -0.3 is 4.74 Å². The highest BCUT2D eigenvalue weighted by Crippen LogP contribution is 2.11. The minimum absolute atomic E-state index is 0.207. The second-order valence-electron chi connectivity index (χ2n) is 3.80. The number of hydrogen-bond acceptors (Lipinski definition) is 4. The fourth-order valence-electron chi connectivity index (χ4n) is 1.59. The van der Waals surface area contributed by atoms with E-state index in [1.54, 1.807) is 26.4 Å². The van der Waals surface area contributed by atoms with Crippen LogP contribution in [0.5, 0.6) is 0 Å². The molecular formula is C11H13ClN4O2. The van der Waals surface area contributed by atoms with Gasteiger partial charge in [-0.25, -0.2) is 14.5 Å². The number of rotatable bonds is 4. The van der Waals surface area contributed by atoms with Crippen LogP contribution in [0.4, 0.5) is 0 Å². The summed E-state index contributed by atoms with van der Waals surface area (Å²) in [5.74, 6) is 0.572. The van der Waals surface area contributed by atoms with Crippen molar-refractivity contribution in [3.63, 3.8) is 0 Å². The molecule has 2 rings (SSSR count). The SMILES string of the molecule is COCc1nn(Cc2cccnc2Cl)c(=O)n1C. The number of nitrogens with zero attached hydrogens (tertiary/aromatic N) is 4. The molecule has 0 aliphatic heterocycles. The third kappa shape index (κ3) is 2.44. The van der Waals surface area contributed by atoms with Gasteiger partial charge in [0.15, 0.2) is 5.82 Å². The monoisotopic (exact) mass is 268 g/mol. The maximum atomic E-state index is 11.9. The van der Waals surface area contributed by atoms with E-state index < -0.39 is 0 Å². The Morgan fingerprint density at radius 2 is 2.28 bits per heavy atom. The molecule has 0 aliphatic carbocycles. The molecule has 0 atom stereocenters. The molecule has 0 spiro atoms. The van der Waals surface area contributed by atoms with Gasteiger partial charge in [0, 0.05) is 25.9 Å². The summed E-state index contributed by atoms with van der Waals surface area (Å²) in [6, 6.07) is 3.58. The molecule has 6 nitrogen and oxygen atoms in total. The second-order valence-corrected chi connectivity index (χ2v) is 4.16. The molecule has 0 unspecified atom stereocenters. The normalized spacial score (nSPS) is 10.8. The highest BCUT2D eigenvalue weighted by Gasteiger charge is 2.11. The quantitative estimate of drug-likeness (QED) is 0.771. The van der Waals surface area contributed by atoms with E-state index in [2.05, 4.69) is 10.1 Å². The smallest absolute Gasteiger partial charge is 0.346 e. The molecule has 0 amide bonds. The lowest BCUT2D eigenvalue weighted by atomic mass is 10.3. The first-order chi connectivity index (χ1) is 8.63. The maximum Gasteiger partial charge on any atom is 0.346 e. The van der Waals surface area contributed by atoms with Crippen molar-refractivity contribution in [1.29, 1.82) is 0 Å². The molecule has 7 heteroatoms. The van der Waals surface area contributed by atoms with Gasteiger partial charge in [-0.1, -0.05) is 17.7 Å². The highest BCUT2D eigenvalue weighted by atomic mass is 35.5. The Bertz CT molecular complexity index is 605. The minimum atomic E-state index is -0.207. The summed E-state index contributed by atoms with van der Waals surface area (Å²) in [4.78, 5) is 15.9. The number of ether oxygens (including phenoxy) is 1. The van der Waals surface area contributed by atoms with Crippen LogP contribution in [-0.2, 0) is 24.9 Å². The van der Waals surface area contributed by atoms with Crippen molar-refractivity contribution in [2.24, 2.45) is 7.05 Å². The Morgan fingerprint density at radius 3 is 2.94 bits per heavy atom. The van der Waals surface area contributed by atoms with Gasteiger partial charge in [-0.15, -0.1) is 0 Å². The number of aromatic nitrogens is 4. The number of hydrogen-bond donors (Lipinski definition) is 0. The average molecular weight is 269 g/mol. The van der Waals surface area contributed by atoms with Crippen LogP contribution in [0.2, 0.25) is 5.15 Å². The zero-order valence-corrected chi connectivity index (χ0v) is 10.9. The van der Waals surface area contributed by atoms with E-state index in [1.807, 2.05) is 6.07 Å². The van der Waals surface area contributed by atoms with Crippen LogP contribution in [0.1, 0.15) is 11.4 Å². The van der Waals surface area contributed by atoms with Crippen molar-refractivity contribution in [2.75, 3.05) is 7.11 Å². The Hall–Kier alpha value is -1.66. The van der Waals surface area contributed by atoms with E-state index in [9.17, 15) is 4.79 Å². The van der Waals surface area contributed by atoms with Gasteiger partial charge in [0.05, 0.1) is 6.54 Å². The van der Waals surface area contributed by atoms with E-state index in [0.29, 0.717) is 24.1 Å². The van der Waals surface area contributed by atoms with Crippen molar-refractivity contribution < 1.29 is 4.74 Å². The van der Waals surface area contributed by atoms with Gasteiger partial charge >= 0.3 is 5.69 Å². The molecule has 0 saturated carbocycles. The molecule has 0 aromatic carbocycles. The summed E-state index contributed by atoms with van der Waals surface area (Å²) in [5.41, 5.74) is 0.547. The number of pyridine rings is 1. The number of methoxy groups -OCH3 is 1. The topological polar surface area (TPSA) is 61.9 Å². The lowest BCUT2D eigenvalue weighted by Crippen LogP contribution is -2.24. The summed E-state index contributed by atoms with van der Waals surface area (Å²) >= 11 is 5.95. The lowest BCUT2D eigenvalue weighted by molar-refractivity contribution is 0.174. The Balaban J connectivity index is 2.33. The number of halogens is 1. The second kappa shape index (κ2) is 5.32. The van der Waals surface area contributed by atoms with Crippen molar-refractivity contribution in [1.82, 2.24) is 19.3 Å². The third-order valence-corrected chi connectivity index (χ3v) is 2.90. The fraction of sp³-hybridized carbons (Fsp3) is 0.364. The molecule has 96 valence electrons. The van der Waals surface area contributed by atoms with Gasteiger partial charge in [-0.05, 0) is 6.07 Å². The van der Waals surface area contributed by atoms with Gasteiger partial charge in [0.1, 0.15) is 11.8 Å². The first-order valence-corrected chi connectivity index (χ1v) is 5.72. The van der Waals surface area contributed by atoms with Crippen molar-refractivity contribution in [3.05, 3.63) is 45.4 Å². The molecule has 18 heavy (non-hydrogen) atoms. The van der Waals surface area contributed by atoms with Crippen LogP contribution in [0, 0.1) is 0 Å². The highest BCUT2D eigenvalue weighted by molar-refractivity contribution is 6.30. The summed E-state index contributed by atoms with van der Waals surface area (Å²) in [6.07, 6.45) is 1.60. The predicted octanol–water partition coefficient (Wildman–Crippen LogP) is 0.825.